The molecule has 0 bridgehead atoms. The minimum absolute atomic E-state index is 0.102. The van der Waals surface area contributed by atoms with Crippen molar-refractivity contribution in [2.75, 3.05) is 25.0 Å². The lowest BCUT2D eigenvalue weighted by molar-refractivity contribution is -0.115. The predicted molar refractivity (Wildman–Crippen MR) is 109 cm³/mol. The van der Waals surface area contributed by atoms with Gasteiger partial charge in [-0.25, -0.2) is 4.68 Å². The van der Waals surface area contributed by atoms with Crippen LogP contribution >= 0.6 is 0 Å². The topological polar surface area (TPSA) is 68.2 Å². The summed E-state index contributed by atoms with van der Waals surface area (Å²) in [6.45, 7) is 1.75. The first-order valence-corrected chi connectivity index (χ1v) is 9.63. The third-order valence-corrected chi connectivity index (χ3v) is 4.73. The number of hydrogen-bond acceptors (Lipinski definition) is 4. The van der Waals surface area contributed by atoms with Crippen LogP contribution in [0, 0.1) is 0 Å². The lowest BCUT2D eigenvalue weighted by Crippen LogP contribution is -2.33. The summed E-state index contributed by atoms with van der Waals surface area (Å²) in [7, 11) is 0. The van der Waals surface area contributed by atoms with Crippen LogP contribution in [0.2, 0.25) is 0 Å². The van der Waals surface area contributed by atoms with Crippen LogP contribution in [0.4, 0.5) is 5.82 Å². The number of hydrogen-bond donors (Lipinski definition) is 2. The van der Waals surface area contributed by atoms with E-state index in [1.807, 2.05) is 66.7 Å². The quantitative estimate of drug-likeness (QED) is 0.664. The number of rotatable bonds is 7. The molecule has 2 N–H and O–H groups in total. The second-order valence-electron chi connectivity index (χ2n) is 6.84. The van der Waals surface area contributed by atoms with Crippen LogP contribution in [-0.2, 0) is 9.53 Å². The van der Waals surface area contributed by atoms with Gasteiger partial charge in [0.1, 0.15) is 5.82 Å². The number of carbonyl (C=O) groups excluding carboxylic acids is 1. The molecule has 2 heterocycles. The van der Waals surface area contributed by atoms with Gasteiger partial charge in [-0.3, -0.25) is 4.79 Å². The third kappa shape index (κ3) is 4.47. The summed E-state index contributed by atoms with van der Waals surface area (Å²) in [5, 5.41) is 10.9. The number of aromatic nitrogens is 2. The maximum Gasteiger partial charge on any atom is 0.239 e. The van der Waals surface area contributed by atoms with Gasteiger partial charge in [-0.15, -0.1) is 0 Å². The van der Waals surface area contributed by atoms with Crippen molar-refractivity contribution < 1.29 is 9.53 Å². The normalized spacial score (nSPS) is 16.2. The van der Waals surface area contributed by atoms with Crippen molar-refractivity contribution >= 4 is 11.7 Å². The van der Waals surface area contributed by atoms with Gasteiger partial charge in [-0.05, 0) is 25.0 Å². The molecule has 144 valence electrons. The van der Waals surface area contributed by atoms with Crippen LogP contribution in [0.3, 0.4) is 0 Å². The molecule has 1 aromatic heterocycles. The van der Waals surface area contributed by atoms with Gasteiger partial charge >= 0.3 is 0 Å². The largest absolute Gasteiger partial charge is 0.377 e. The Morgan fingerprint density at radius 1 is 1.11 bits per heavy atom. The maximum absolute atomic E-state index is 12.5. The summed E-state index contributed by atoms with van der Waals surface area (Å²) in [6, 6.07) is 21.6. The highest BCUT2D eigenvalue weighted by Gasteiger charge is 2.16. The maximum atomic E-state index is 12.5. The van der Waals surface area contributed by atoms with E-state index in [9.17, 15) is 4.79 Å². The van der Waals surface area contributed by atoms with E-state index < -0.39 is 0 Å². The van der Waals surface area contributed by atoms with Crippen molar-refractivity contribution in [1.82, 2.24) is 15.1 Å². The molecule has 1 saturated heterocycles. The zero-order chi connectivity index (χ0) is 19.2. The molecule has 0 aliphatic carbocycles. The van der Waals surface area contributed by atoms with E-state index in [2.05, 4.69) is 10.6 Å². The van der Waals surface area contributed by atoms with Gasteiger partial charge in [0.2, 0.25) is 5.91 Å². The SMILES string of the molecule is O=C(CNCC1CCCO1)Nc1cc(-c2ccccc2)nn1-c1ccccc1. The van der Waals surface area contributed by atoms with E-state index in [4.69, 9.17) is 9.84 Å². The third-order valence-electron chi connectivity index (χ3n) is 4.73. The average Bonchev–Trinajstić information content (AvgIpc) is 3.39. The van der Waals surface area contributed by atoms with Crippen molar-refractivity contribution in [2.45, 2.75) is 18.9 Å². The van der Waals surface area contributed by atoms with Crippen LogP contribution < -0.4 is 10.6 Å². The Morgan fingerprint density at radius 2 is 1.86 bits per heavy atom. The van der Waals surface area contributed by atoms with E-state index in [-0.39, 0.29) is 18.6 Å². The number of anilines is 1. The van der Waals surface area contributed by atoms with Gasteiger partial charge in [0.25, 0.3) is 0 Å². The highest BCUT2D eigenvalue weighted by atomic mass is 16.5. The molecule has 6 heteroatoms. The molecule has 0 saturated carbocycles. The van der Waals surface area contributed by atoms with Crippen molar-refractivity contribution in [3.63, 3.8) is 0 Å². The van der Waals surface area contributed by atoms with Crippen molar-refractivity contribution in [3.05, 3.63) is 66.7 Å². The number of ether oxygens (including phenoxy) is 1. The number of amides is 1. The molecule has 4 rings (SSSR count). The van der Waals surface area contributed by atoms with Crippen molar-refractivity contribution in [3.8, 4) is 16.9 Å². The summed E-state index contributed by atoms with van der Waals surface area (Å²) in [5.74, 6) is 0.545. The van der Waals surface area contributed by atoms with E-state index in [0.29, 0.717) is 12.4 Å². The molecule has 1 amide bonds. The van der Waals surface area contributed by atoms with Gasteiger partial charge < -0.3 is 15.4 Å². The Labute approximate surface area is 164 Å². The summed E-state index contributed by atoms with van der Waals surface area (Å²) in [6.07, 6.45) is 2.36. The number of benzene rings is 2. The van der Waals surface area contributed by atoms with E-state index in [1.165, 1.54) is 0 Å². The van der Waals surface area contributed by atoms with E-state index >= 15 is 0 Å². The molecule has 1 aliphatic heterocycles. The number of carbonyl (C=O) groups is 1. The van der Waals surface area contributed by atoms with Crippen LogP contribution in [0.25, 0.3) is 16.9 Å². The summed E-state index contributed by atoms with van der Waals surface area (Å²) < 4.78 is 7.34. The molecule has 6 nitrogen and oxygen atoms in total. The fourth-order valence-electron chi connectivity index (χ4n) is 3.33. The second-order valence-corrected chi connectivity index (χ2v) is 6.84. The Bertz CT molecular complexity index is 903. The number of nitrogens with zero attached hydrogens (tertiary/aromatic N) is 2. The van der Waals surface area contributed by atoms with E-state index in [1.54, 1.807) is 4.68 Å². The Hall–Kier alpha value is -2.96. The van der Waals surface area contributed by atoms with Gasteiger partial charge in [-0.1, -0.05) is 48.5 Å². The van der Waals surface area contributed by atoms with Crippen LogP contribution in [0.5, 0.6) is 0 Å². The zero-order valence-electron chi connectivity index (χ0n) is 15.7. The summed E-state index contributed by atoms with van der Waals surface area (Å²) >= 11 is 0. The van der Waals surface area contributed by atoms with Gasteiger partial charge in [0.15, 0.2) is 0 Å². The molecule has 1 aliphatic rings. The minimum Gasteiger partial charge on any atom is -0.377 e. The standard InChI is InChI=1S/C22H24N4O2/c27-22(16-23-15-19-12-7-13-28-19)24-21-14-20(17-8-3-1-4-9-17)25-26(21)18-10-5-2-6-11-18/h1-6,8-11,14,19,23H,7,12-13,15-16H2,(H,24,27). The summed E-state index contributed by atoms with van der Waals surface area (Å²) in [4.78, 5) is 12.5. The first-order valence-electron chi connectivity index (χ1n) is 9.63. The monoisotopic (exact) mass is 376 g/mol. The Kier molecular flexibility index (Phi) is 5.80. The number of para-hydroxylation sites is 1. The molecule has 0 radical (unpaired) electrons. The first-order chi connectivity index (χ1) is 13.8. The Balaban J connectivity index is 1.49. The van der Waals surface area contributed by atoms with Gasteiger partial charge in [0, 0.05) is 24.8 Å². The highest BCUT2D eigenvalue weighted by Crippen LogP contribution is 2.24. The second kappa shape index (κ2) is 8.82. The number of nitrogens with one attached hydrogen (secondary N) is 2. The average molecular weight is 376 g/mol. The molecule has 28 heavy (non-hydrogen) atoms. The van der Waals surface area contributed by atoms with Gasteiger partial charge in [0.05, 0.1) is 24.0 Å². The lowest BCUT2D eigenvalue weighted by Gasteiger charge is -2.11. The molecule has 3 aromatic rings. The van der Waals surface area contributed by atoms with Crippen molar-refractivity contribution in [1.29, 1.82) is 0 Å². The molecular weight excluding hydrogens is 352 g/mol. The van der Waals surface area contributed by atoms with Gasteiger partial charge in [-0.2, -0.15) is 5.10 Å². The van der Waals surface area contributed by atoms with Crippen LogP contribution in [0.15, 0.2) is 66.7 Å². The predicted octanol–water partition coefficient (Wildman–Crippen LogP) is 3.25. The molecule has 1 atom stereocenters. The van der Waals surface area contributed by atoms with Crippen LogP contribution in [-0.4, -0.2) is 41.5 Å². The van der Waals surface area contributed by atoms with Crippen LogP contribution in [0.1, 0.15) is 12.8 Å². The molecular formula is C22H24N4O2. The highest BCUT2D eigenvalue weighted by molar-refractivity contribution is 5.92. The smallest absolute Gasteiger partial charge is 0.239 e. The molecule has 2 aromatic carbocycles. The molecule has 0 spiro atoms. The lowest BCUT2D eigenvalue weighted by atomic mass is 10.2. The minimum atomic E-state index is -0.102. The fraction of sp³-hybridized carbons (Fsp3) is 0.273. The fourth-order valence-corrected chi connectivity index (χ4v) is 3.33. The molecule has 1 fully saturated rings. The summed E-state index contributed by atoms with van der Waals surface area (Å²) in [5.41, 5.74) is 2.71. The van der Waals surface area contributed by atoms with E-state index in [0.717, 1.165) is 36.4 Å². The van der Waals surface area contributed by atoms with Crippen molar-refractivity contribution in [2.24, 2.45) is 0 Å². The first kappa shape index (κ1) is 18.4. The molecule has 1 unspecified atom stereocenters. The zero-order valence-corrected chi connectivity index (χ0v) is 15.7. The Morgan fingerprint density at radius 3 is 2.57 bits per heavy atom.